The van der Waals surface area contributed by atoms with Crippen LogP contribution in [0.15, 0.2) is 45.3 Å². The Hall–Kier alpha value is -2.32. The summed E-state index contributed by atoms with van der Waals surface area (Å²) in [5.74, 6) is 1.52. The van der Waals surface area contributed by atoms with Crippen molar-refractivity contribution >= 4 is 27.7 Å². The Morgan fingerprint density at radius 2 is 1.79 bits per heavy atom. The van der Waals surface area contributed by atoms with Crippen LogP contribution in [-0.4, -0.2) is 60.4 Å². The van der Waals surface area contributed by atoms with E-state index in [1.807, 2.05) is 38.1 Å². The van der Waals surface area contributed by atoms with Crippen LogP contribution < -0.4 is 10.1 Å². The molecule has 1 N–H and O–H groups in total. The van der Waals surface area contributed by atoms with E-state index < -0.39 is 0 Å². The smallest absolute Gasteiger partial charge is 0.289 e. The first-order chi connectivity index (χ1) is 13.9. The molecule has 0 radical (unpaired) electrons. The van der Waals surface area contributed by atoms with E-state index in [1.165, 1.54) is 0 Å². The fraction of sp³-hybridized carbons (Fsp3) is 0.429. The first-order valence-corrected chi connectivity index (χ1v) is 10.5. The van der Waals surface area contributed by atoms with Crippen LogP contribution in [0.25, 0.3) is 0 Å². The van der Waals surface area contributed by atoms with Crippen LogP contribution in [-0.2, 0) is 11.4 Å². The number of furan rings is 1. The monoisotopic (exact) mass is 463 g/mol. The van der Waals surface area contributed by atoms with Crippen molar-refractivity contribution in [3.8, 4) is 5.75 Å². The van der Waals surface area contributed by atoms with Gasteiger partial charge in [0, 0.05) is 36.7 Å². The average Bonchev–Trinajstić information content (AvgIpc) is 3.16. The third kappa shape index (κ3) is 6.33. The third-order valence-corrected chi connectivity index (χ3v) is 5.07. The van der Waals surface area contributed by atoms with E-state index in [0.717, 1.165) is 10.2 Å². The summed E-state index contributed by atoms with van der Waals surface area (Å²) in [7, 11) is 0. The topological polar surface area (TPSA) is 75.0 Å². The summed E-state index contributed by atoms with van der Waals surface area (Å²) in [5.41, 5.74) is 0. The lowest BCUT2D eigenvalue weighted by molar-refractivity contribution is -0.123. The number of hydrogen-bond donors (Lipinski definition) is 1. The minimum atomic E-state index is -0.133. The predicted molar refractivity (Wildman–Crippen MR) is 113 cm³/mol. The minimum Gasteiger partial charge on any atom is -0.486 e. The predicted octanol–water partition coefficient (Wildman–Crippen LogP) is 2.90. The van der Waals surface area contributed by atoms with Crippen molar-refractivity contribution < 1.29 is 18.7 Å². The Morgan fingerprint density at radius 1 is 1.10 bits per heavy atom. The molecular weight excluding hydrogens is 438 g/mol. The molecule has 2 aromatic rings. The molecule has 2 heterocycles. The van der Waals surface area contributed by atoms with Crippen LogP contribution in [0.5, 0.6) is 5.75 Å². The molecule has 1 saturated heterocycles. The van der Waals surface area contributed by atoms with Gasteiger partial charge in [-0.1, -0.05) is 15.9 Å². The number of amides is 2. The van der Waals surface area contributed by atoms with Gasteiger partial charge in [0.2, 0.25) is 5.91 Å². The summed E-state index contributed by atoms with van der Waals surface area (Å²) in [6.07, 6.45) is 0. The molecule has 0 unspecified atom stereocenters. The van der Waals surface area contributed by atoms with Crippen molar-refractivity contribution in [1.29, 1.82) is 0 Å². The highest BCUT2D eigenvalue weighted by molar-refractivity contribution is 9.10. The van der Waals surface area contributed by atoms with Crippen molar-refractivity contribution in [3.05, 3.63) is 52.4 Å². The number of rotatable bonds is 7. The number of piperazine rings is 1. The van der Waals surface area contributed by atoms with Gasteiger partial charge in [0.15, 0.2) is 5.76 Å². The fourth-order valence-electron chi connectivity index (χ4n) is 3.09. The molecule has 3 rings (SSSR count). The molecule has 1 aliphatic rings. The minimum absolute atomic E-state index is 0.0150. The van der Waals surface area contributed by atoms with E-state index in [4.69, 9.17) is 9.15 Å². The summed E-state index contributed by atoms with van der Waals surface area (Å²) < 4.78 is 12.3. The summed E-state index contributed by atoms with van der Waals surface area (Å²) in [5, 5.41) is 2.89. The Balaban J connectivity index is 1.46. The molecule has 0 aliphatic carbocycles. The molecule has 0 atom stereocenters. The second kappa shape index (κ2) is 9.93. The van der Waals surface area contributed by atoms with E-state index in [0.29, 0.717) is 44.2 Å². The van der Waals surface area contributed by atoms with Crippen LogP contribution >= 0.6 is 15.9 Å². The quantitative estimate of drug-likeness (QED) is 0.682. The number of ether oxygens (including phenoxy) is 1. The van der Waals surface area contributed by atoms with Gasteiger partial charge in [-0.15, -0.1) is 0 Å². The maximum atomic E-state index is 12.7. The molecular formula is C21H26BrN3O4. The lowest BCUT2D eigenvalue weighted by Crippen LogP contribution is -2.51. The van der Waals surface area contributed by atoms with Crippen LogP contribution in [0.1, 0.15) is 30.2 Å². The van der Waals surface area contributed by atoms with Gasteiger partial charge in [0.05, 0.1) is 6.54 Å². The molecule has 7 nitrogen and oxygen atoms in total. The third-order valence-electron chi connectivity index (χ3n) is 4.54. The van der Waals surface area contributed by atoms with Gasteiger partial charge in [-0.2, -0.15) is 0 Å². The Bertz CT molecular complexity index is 827. The first-order valence-electron chi connectivity index (χ1n) is 9.69. The van der Waals surface area contributed by atoms with Gasteiger partial charge in [-0.25, -0.2) is 0 Å². The Labute approximate surface area is 179 Å². The molecule has 2 amide bonds. The molecule has 1 fully saturated rings. The Kier molecular flexibility index (Phi) is 7.33. The average molecular weight is 464 g/mol. The van der Waals surface area contributed by atoms with Gasteiger partial charge in [-0.05, 0) is 50.2 Å². The number of halogens is 1. The normalized spacial score (nSPS) is 14.8. The molecule has 0 saturated carbocycles. The maximum absolute atomic E-state index is 12.7. The van der Waals surface area contributed by atoms with E-state index in [9.17, 15) is 9.59 Å². The molecule has 29 heavy (non-hydrogen) atoms. The number of carbonyl (C=O) groups is 2. The van der Waals surface area contributed by atoms with E-state index >= 15 is 0 Å². The van der Waals surface area contributed by atoms with Crippen molar-refractivity contribution in [3.63, 3.8) is 0 Å². The molecule has 1 aromatic carbocycles. The van der Waals surface area contributed by atoms with Crippen molar-refractivity contribution in [2.24, 2.45) is 0 Å². The van der Waals surface area contributed by atoms with E-state index in [1.54, 1.807) is 17.0 Å². The summed E-state index contributed by atoms with van der Waals surface area (Å²) in [4.78, 5) is 28.4. The zero-order chi connectivity index (χ0) is 20.8. The van der Waals surface area contributed by atoms with Crippen molar-refractivity contribution in [2.75, 3.05) is 32.7 Å². The summed E-state index contributed by atoms with van der Waals surface area (Å²) in [6, 6.07) is 11.1. The first kappa shape index (κ1) is 21.4. The van der Waals surface area contributed by atoms with Crippen molar-refractivity contribution in [2.45, 2.75) is 26.5 Å². The van der Waals surface area contributed by atoms with Crippen LogP contribution in [0.4, 0.5) is 0 Å². The summed E-state index contributed by atoms with van der Waals surface area (Å²) >= 11 is 3.38. The molecule has 1 aromatic heterocycles. The van der Waals surface area contributed by atoms with Gasteiger partial charge in [0.1, 0.15) is 18.1 Å². The second-order valence-electron chi connectivity index (χ2n) is 7.30. The lowest BCUT2D eigenvalue weighted by Gasteiger charge is -2.34. The standard InChI is InChI=1S/C21H26BrN3O4/c1-15(2)23-20(26)13-24-9-11-25(12-10-24)21(27)19-8-7-18(29-19)14-28-17-5-3-16(22)4-6-17/h3-8,15H,9-14H2,1-2H3,(H,23,26). The van der Waals surface area contributed by atoms with Gasteiger partial charge >= 0.3 is 0 Å². The largest absolute Gasteiger partial charge is 0.486 e. The number of nitrogens with one attached hydrogen (secondary N) is 1. The zero-order valence-corrected chi connectivity index (χ0v) is 18.3. The molecule has 8 heteroatoms. The highest BCUT2D eigenvalue weighted by Crippen LogP contribution is 2.19. The van der Waals surface area contributed by atoms with Crippen LogP contribution in [0, 0.1) is 0 Å². The highest BCUT2D eigenvalue weighted by atomic mass is 79.9. The molecule has 0 bridgehead atoms. The summed E-state index contributed by atoms with van der Waals surface area (Å²) in [6.45, 7) is 6.96. The number of benzene rings is 1. The zero-order valence-electron chi connectivity index (χ0n) is 16.7. The maximum Gasteiger partial charge on any atom is 0.289 e. The van der Waals surface area contributed by atoms with Gasteiger partial charge in [-0.3, -0.25) is 14.5 Å². The number of nitrogens with zero attached hydrogens (tertiary/aromatic N) is 2. The van der Waals surface area contributed by atoms with E-state index in [2.05, 4.69) is 26.1 Å². The van der Waals surface area contributed by atoms with Crippen LogP contribution in [0.2, 0.25) is 0 Å². The Morgan fingerprint density at radius 3 is 2.45 bits per heavy atom. The van der Waals surface area contributed by atoms with Gasteiger partial charge < -0.3 is 19.4 Å². The van der Waals surface area contributed by atoms with Gasteiger partial charge in [0.25, 0.3) is 5.91 Å². The van der Waals surface area contributed by atoms with Crippen LogP contribution in [0.3, 0.4) is 0 Å². The number of carbonyl (C=O) groups excluding carboxylic acids is 2. The fourth-order valence-corrected chi connectivity index (χ4v) is 3.36. The van der Waals surface area contributed by atoms with E-state index in [-0.39, 0.29) is 24.5 Å². The molecule has 156 valence electrons. The second-order valence-corrected chi connectivity index (χ2v) is 8.21. The molecule has 0 spiro atoms. The SMILES string of the molecule is CC(C)NC(=O)CN1CCN(C(=O)c2ccc(COc3ccc(Br)cc3)o2)CC1. The molecule has 1 aliphatic heterocycles. The lowest BCUT2D eigenvalue weighted by atomic mass is 10.2. The number of hydrogen-bond acceptors (Lipinski definition) is 5. The highest BCUT2D eigenvalue weighted by Gasteiger charge is 2.25. The van der Waals surface area contributed by atoms with Crippen molar-refractivity contribution in [1.82, 2.24) is 15.1 Å².